The van der Waals surface area contributed by atoms with Crippen LogP contribution in [0.15, 0.2) is 70.4 Å². The monoisotopic (exact) mass is 621 g/mol. The van der Waals surface area contributed by atoms with E-state index in [-0.39, 0.29) is 19.4 Å². The number of ketones is 1. The Morgan fingerprint density at radius 3 is 2.24 bits per heavy atom. The molecule has 4 aromatic rings. The van der Waals surface area contributed by atoms with Crippen LogP contribution in [0.1, 0.15) is 65.3 Å². The van der Waals surface area contributed by atoms with Crippen LogP contribution >= 0.6 is 0 Å². The lowest BCUT2D eigenvalue weighted by molar-refractivity contribution is -0.142. The molecule has 2 heterocycles. The number of hydrogen-bond acceptors (Lipinski definition) is 8. The zero-order chi connectivity index (χ0) is 32.5. The van der Waals surface area contributed by atoms with E-state index >= 15 is 0 Å². The molecule has 1 atom stereocenters. The first-order chi connectivity index (χ1) is 21.6. The fourth-order valence-electron chi connectivity index (χ4n) is 4.89. The minimum Gasteiger partial charge on any atom is -0.494 e. The number of aliphatic carboxylic acids is 2. The molecule has 0 amide bonds. The standard InChI is InChI=1S/C31H32FN5O8/c32-17-5-9-22-19-36(34-33-22)23-13-11-20(12-14-23)8-4-10-25(38)27-28(41)35(18-21-6-2-1-3-7-21)31(45)37(29(27)42)24(30(43)44)15-16-26(39)40/h1-3,6-7,11-14,19,24,41H,4-5,8-10,15-18H2,(H,39,40)(H,43,44). The molecule has 236 valence electrons. The summed E-state index contributed by atoms with van der Waals surface area (Å²) in [5.41, 5.74) is -0.427. The molecule has 0 aliphatic rings. The Labute approximate surface area is 255 Å². The zero-order valence-corrected chi connectivity index (χ0v) is 24.2. The third-order valence-electron chi connectivity index (χ3n) is 7.22. The van der Waals surface area contributed by atoms with Crippen LogP contribution in [0, 0.1) is 0 Å². The molecule has 4 rings (SSSR count). The van der Waals surface area contributed by atoms with Gasteiger partial charge in [-0.25, -0.2) is 18.8 Å². The van der Waals surface area contributed by atoms with E-state index in [4.69, 9.17) is 5.11 Å². The maximum absolute atomic E-state index is 13.4. The lowest BCUT2D eigenvalue weighted by Crippen LogP contribution is -2.46. The Kier molecular flexibility index (Phi) is 10.7. The van der Waals surface area contributed by atoms with E-state index in [1.54, 1.807) is 53.3 Å². The summed E-state index contributed by atoms with van der Waals surface area (Å²) in [6, 6.07) is 13.7. The first-order valence-corrected chi connectivity index (χ1v) is 14.3. The Morgan fingerprint density at radius 2 is 1.60 bits per heavy atom. The van der Waals surface area contributed by atoms with Crippen molar-refractivity contribution in [3.05, 3.63) is 104 Å². The quantitative estimate of drug-likeness (QED) is 0.157. The van der Waals surface area contributed by atoms with Gasteiger partial charge in [0, 0.05) is 12.8 Å². The first kappa shape index (κ1) is 32.5. The van der Waals surface area contributed by atoms with E-state index in [1.165, 1.54) is 0 Å². The minimum absolute atomic E-state index is 0.206. The van der Waals surface area contributed by atoms with Crippen LogP contribution in [0.3, 0.4) is 0 Å². The Morgan fingerprint density at radius 1 is 0.889 bits per heavy atom. The number of Topliss-reactive ketones (excluding diaryl/α,β-unsaturated/α-hetero) is 1. The average molecular weight is 622 g/mol. The van der Waals surface area contributed by atoms with Gasteiger partial charge in [0.15, 0.2) is 5.78 Å². The summed E-state index contributed by atoms with van der Waals surface area (Å²) in [5, 5.41) is 38.0. The molecule has 0 aliphatic heterocycles. The SMILES string of the molecule is O=C(O)CCC(C(=O)O)n1c(=O)c(C(=O)CCCc2ccc(-n3cc(CCCF)nn3)cc2)c(O)n(Cc2ccccc2)c1=O. The molecule has 0 fully saturated rings. The number of alkyl halides is 1. The summed E-state index contributed by atoms with van der Waals surface area (Å²) in [4.78, 5) is 63.4. The molecule has 0 bridgehead atoms. The number of aromatic nitrogens is 5. The van der Waals surface area contributed by atoms with Gasteiger partial charge in [-0.2, -0.15) is 0 Å². The highest BCUT2D eigenvalue weighted by Gasteiger charge is 2.31. The van der Waals surface area contributed by atoms with Gasteiger partial charge in [0.1, 0.15) is 11.6 Å². The largest absolute Gasteiger partial charge is 0.494 e. The van der Waals surface area contributed by atoms with Crippen molar-refractivity contribution >= 4 is 17.7 Å². The van der Waals surface area contributed by atoms with Crippen molar-refractivity contribution in [3.63, 3.8) is 0 Å². The van der Waals surface area contributed by atoms with E-state index in [1.807, 2.05) is 12.1 Å². The van der Waals surface area contributed by atoms with Crippen molar-refractivity contribution < 1.29 is 34.1 Å². The number of rotatable bonds is 16. The van der Waals surface area contributed by atoms with Crippen molar-refractivity contribution in [1.82, 2.24) is 24.1 Å². The number of carbonyl (C=O) groups excluding carboxylic acids is 1. The number of carboxylic acid groups (broad SMARTS) is 2. The average Bonchev–Trinajstić information content (AvgIpc) is 3.49. The van der Waals surface area contributed by atoms with Gasteiger partial charge in [-0.3, -0.25) is 23.3 Å². The smallest absolute Gasteiger partial charge is 0.334 e. The minimum atomic E-state index is -1.88. The van der Waals surface area contributed by atoms with Gasteiger partial charge in [-0.05, 0) is 55.4 Å². The second kappa shape index (κ2) is 14.9. The number of halogens is 1. The lowest BCUT2D eigenvalue weighted by atomic mass is 10.0. The molecule has 13 nitrogen and oxygen atoms in total. The van der Waals surface area contributed by atoms with E-state index in [9.17, 15) is 38.6 Å². The highest BCUT2D eigenvalue weighted by Crippen LogP contribution is 2.20. The summed E-state index contributed by atoms with van der Waals surface area (Å²) in [6.07, 6.45) is 1.79. The van der Waals surface area contributed by atoms with Crippen LogP contribution in [-0.4, -0.2) is 63.8 Å². The number of carboxylic acids is 2. The third kappa shape index (κ3) is 7.96. The van der Waals surface area contributed by atoms with Crippen LogP contribution in [0.5, 0.6) is 5.88 Å². The molecule has 0 radical (unpaired) electrons. The predicted octanol–water partition coefficient (Wildman–Crippen LogP) is 2.94. The second-order valence-electron chi connectivity index (χ2n) is 10.4. The summed E-state index contributed by atoms with van der Waals surface area (Å²) in [5.74, 6) is -4.64. The highest BCUT2D eigenvalue weighted by molar-refractivity contribution is 5.97. The molecule has 0 aliphatic carbocycles. The van der Waals surface area contributed by atoms with Gasteiger partial charge < -0.3 is 15.3 Å². The molecular formula is C31H32FN5O8. The molecule has 0 spiro atoms. The number of carbonyl (C=O) groups is 3. The molecule has 2 aromatic carbocycles. The molecule has 3 N–H and O–H groups in total. The van der Waals surface area contributed by atoms with E-state index in [0.29, 0.717) is 35.1 Å². The molecule has 45 heavy (non-hydrogen) atoms. The summed E-state index contributed by atoms with van der Waals surface area (Å²) < 4.78 is 15.1. The highest BCUT2D eigenvalue weighted by atomic mass is 19.1. The molecule has 0 saturated heterocycles. The van der Waals surface area contributed by atoms with Crippen LogP contribution in [0.4, 0.5) is 4.39 Å². The molecule has 1 unspecified atom stereocenters. The van der Waals surface area contributed by atoms with E-state index < -0.39 is 66.0 Å². The predicted molar refractivity (Wildman–Crippen MR) is 159 cm³/mol. The zero-order valence-electron chi connectivity index (χ0n) is 24.2. The van der Waals surface area contributed by atoms with Gasteiger partial charge in [-0.15, -0.1) is 5.10 Å². The van der Waals surface area contributed by atoms with Crippen LogP contribution in [0.25, 0.3) is 5.69 Å². The second-order valence-corrected chi connectivity index (χ2v) is 10.4. The van der Waals surface area contributed by atoms with Crippen molar-refractivity contribution in [3.8, 4) is 11.6 Å². The molecule has 2 aromatic heterocycles. The van der Waals surface area contributed by atoms with E-state index in [0.717, 1.165) is 15.8 Å². The maximum atomic E-state index is 13.4. The van der Waals surface area contributed by atoms with Gasteiger partial charge in [0.05, 0.1) is 30.8 Å². The topological polar surface area (TPSA) is 187 Å². The molecular weight excluding hydrogens is 589 g/mol. The number of hydrogen-bond donors (Lipinski definition) is 3. The van der Waals surface area contributed by atoms with Crippen molar-refractivity contribution in [2.24, 2.45) is 0 Å². The molecule has 14 heteroatoms. The van der Waals surface area contributed by atoms with Crippen molar-refractivity contribution in [2.75, 3.05) is 6.67 Å². The summed E-state index contributed by atoms with van der Waals surface area (Å²) in [7, 11) is 0. The van der Waals surface area contributed by atoms with Gasteiger partial charge in [-0.1, -0.05) is 47.7 Å². The van der Waals surface area contributed by atoms with Crippen molar-refractivity contribution in [2.45, 2.75) is 57.5 Å². The number of nitrogens with zero attached hydrogens (tertiary/aromatic N) is 5. The Hall–Kier alpha value is -5.40. The fraction of sp³-hybridized carbons (Fsp3) is 0.323. The van der Waals surface area contributed by atoms with Crippen molar-refractivity contribution in [1.29, 1.82) is 0 Å². The van der Waals surface area contributed by atoms with Crippen LogP contribution < -0.4 is 11.2 Å². The third-order valence-corrected chi connectivity index (χ3v) is 7.22. The molecule has 0 saturated carbocycles. The Balaban J connectivity index is 1.57. The van der Waals surface area contributed by atoms with Gasteiger partial charge in [0.2, 0.25) is 5.88 Å². The Bertz CT molecular complexity index is 1780. The van der Waals surface area contributed by atoms with Gasteiger partial charge >= 0.3 is 17.6 Å². The maximum Gasteiger partial charge on any atom is 0.334 e. The lowest BCUT2D eigenvalue weighted by Gasteiger charge is -2.19. The first-order valence-electron chi connectivity index (χ1n) is 14.3. The van der Waals surface area contributed by atoms with E-state index in [2.05, 4.69) is 10.3 Å². The summed E-state index contributed by atoms with van der Waals surface area (Å²) >= 11 is 0. The number of benzene rings is 2. The van der Waals surface area contributed by atoms with Crippen LogP contribution in [-0.2, 0) is 29.0 Å². The summed E-state index contributed by atoms with van der Waals surface area (Å²) in [6.45, 7) is -0.708. The number of aryl methyl sites for hydroxylation is 2. The fourth-order valence-corrected chi connectivity index (χ4v) is 4.89. The normalized spacial score (nSPS) is 11.8. The van der Waals surface area contributed by atoms with Gasteiger partial charge in [0.25, 0.3) is 5.56 Å². The van der Waals surface area contributed by atoms with Crippen LogP contribution in [0.2, 0.25) is 0 Å². The number of aromatic hydroxyl groups is 1.